The Hall–Kier alpha value is -2.29. The number of ether oxygens (including phenoxy) is 1. The van der Waals surface area contributed by atoms with Gasteiger partial charge in [0.1, 0.15) is 11.4 Å². The normalized spacial score (nSPS) is 12.0. The SMILES string of the molecule is COc1ccc(S(C)(=O)=O)cc1N=C(N)N=C(N)N. The molecule has 0 unspecified atom stereocenters. The van der Waals surface area contributed by atoms with E-state index >= 15 is 0 Å². The molecule has 0 heterocycles. The highest BCUT2D eigenvalue weighted by molar-refractivity contribution is 7.90. The molecule has 19 heavy (non-hydrogen) atoms. The Bertz CT molecular complexity index is 633. The lowest BCUT2D eigenvalue weighted by molar-refractivity contribution is 0.416. The minimum absolute atomic E-state index is 0.0875. The molecule has 0 aliphatic rings. The van der Waals surface area contributed by atoms with Gasteiger partial charge in [-0.05, 0) is 18.2 Å². The predicted molar refractivity (Wildman–Crippen MR) is 73.2 cm³/mol. The van der Waals surface area contributed by atoms with Crippen molar-refractivity contribution in [2.75, 3.05) is 13.4 Å². The molecule has 1 aromatic carbocycles. The summed E-state index contributed by atoms with van der Waals surface area (Å²) in [6.07, 6.45) is 1.09. The van der Waals surface area contributed by atoms with Gasteiger partial charge in [0.05, 0.1) is 12.0 Å². The number of hydrogen-bond acceptors (Lipinski definition) is 4. The molecule has 1 aromatic rings. The molecule has 104 valence electrons. The molecule has 6 N–H and O–H groups in total. The van der Waals surface area contributed by atoms with Gasteiger partial charge in [0.2, 0.25) is 5.96 Å². The first-order chi connectivity index (χ1) is 8.74. The lowest BCUT2D eigenvalue weighted by Gasteiger charge is -2.06. The van der Waals surface area contributed by atoms with Gasteiger partial charge in [0, 0.05) is 6.26 Å². The van der Waals surface area contributed by atoms with Gasteiger partial charge < -0.3 is 21.9 Å². The van der Waals surface area contributed by atoms with Crippen LogP contribution in [0.1, 0.15) is 0 Å². The summed E-state index contributed by atoms with van der Waals surface area (Å²) in [5, 5.41) is 0. The quantitative estimate of drug-likeness (QED) is 0.495. The van der Waals surface area contributed by atoms with E-state index in [0.29, 0.717) is 5.75 Å². The zero-order valence-electron chi connectivity index (χ0n) is 10.5. The summed E-state index contributed by atoms with van der Waals surface area (Å²) in [4.78, 5) is 7.52. The lowest BCUT2D eigenvalue weighted by atomic mass is 10.3. The fourth-order valence-corrected chi connectivity index (χ4v) is 1.91. The summed E-state index contributed by atoms with van der Waals surface area (Å²) in [6, 6.07) is 4.20. The Morgan fingerprint density at radius 2 is 1.89 bits per heavy atom. The van der Waals surface area contributed by atoms with Crippen molar-refractivity contribution in [1.82, 2.24) is 0 Å². The number of benzene rings is 1. The highest BCUT2D eigenvalue weighted by Gasteiger charge is 2.11. The van der Waals surface area contributed by atoms with E-state index in [2.05, 4.69) is 9.98 Å². The van der Waals surface area contributed by atoms with Crippen molar-refractivity contribution in [3.8, 4) is 5.75 Å². The molecule has 0 amide bonds. The molecule has 0 aliphatic heterocycles. The molecule has 0 bridgehead atoms. The maximum Gasteiger partial charge on any atom is 0.223 e. The van der Waals surface area contributed by atoms with Crippen LogP contribution in [0.15, 0.2) is 33.1 Å². The van der Waals surface area contributed by atoms with Gasteiger partial charge in [0.25, 0.3) is 0 Å². The Morgan fingerprint density at radius 3 is 2.37 bits per heavy atom. The molecule has 0 radical (unpaired) electrons. The van der Waals surface area contributed by atoms with Crippen molar-refractivity contribution < 1.29 is 13.2 Å². The van der Waals surface area contributed by atoms with Gasteiger partial charge >= 0.3 is 0 Å². The zero-order chi connectivity index (χ0) is 14.6. The Labute approximate surface area is 110 Å². The van der Waals surface area contributed by atoms with E-state index in [4.69, 9.17) is 21.9 Å². The molecule has 1 rings (SSSR count). The molecule has 0 saturated carbocycles. The molecule has 0 aliphatic carbocycles. The molecule has 0 atom stereocenters. The molecular weight excluding hydrogens is 270 g/mol. The topological polar surface area (TPSA) is 146 Å². The molecule has 8 nitrogen and oxygen atoms in total. The van der Waals surface area contributed by atoms with Crippen molar-refractivity contribution in [2.45, 2.75) is 4.90 Å². The summed E-state index contributed by atoms with van der Waals surface area (Å²) >= 11 is 0. The summed E-state index contributed by atoms with van der Waals surface area (Å²) in [5.41, 5.74) is 16.0. The number of nitrogens with two attached hydrogens (primary N) is 3. The van der Waals surface area contributed by atoms with E-state index < -0.39 is 9.84 Å². The van der Waals surface area contributed by atoms with Crippen molar-refractivity contribution in [2.24, 2.45) is 27.2 Å². The van der Waals surface area contributed by atoms with Crippen LogP contribution >= 0.6 is 0 Å². The van der Waals surface area contributed by atoms with Crippen molar-refractivity contribution in [3.63, 3.8) is 0 Å². The van der Waals surface area contributed by atoms with Crippen molar-refractivity contribution in [3.05, 3.63) is 18.2 Å². The van der Waals surface area contributed by atoms with Crippen LogP contribution in [0.5, 0.6) is 5.75 Å². The smallest absolute Gasteiger partial charge is 0.223 e. The molecular formula is C10H15N5O3S. The van der Waals surface area contributed by atoms with E-state index in [1.807, 2.05) is 0 Å². The first-order valence-corrected chi connectivity index (χ1v) is 6.95. The van der Waals surface area contributed by atoms with Crippen LogP contribution < -0.4 is 21.9 Å². The fourth-order valence-electron chi connectivity index (χ4n) is 1.27. The Balaban J connectivity index is 3.36. The van der Waals surface area contributed by atoms with Crippen molar-refractivity contribution >= 4 is 27.4 Å². The summed E-state index contributed by atoms with van der Waals surface area (Å²) in [5.74, 6) is -0.107. The van der Waals surface area contributed by atoms with Crippen LogP contribution in [0.25, 0.3) is 0 Å². The van der Waals surface area contributed by atoms with Crippen LogP contribution in [0, 0.1) is 0 Å². The van der Waals surface area contributed by atoms with E-state index in [0.717, 1.165) is 6.26 Å². The second-order valence-corrected chi connectivity index (χ2v) is 5.63. The molecule has 0 saturated heterocycles. The first-order valence-electron chi connectivity index (χ1n) is 5.06. The van der Waals surface area contributed by atoms with Crippen LogP contribution in [-0.2, 0) is 9.84 Å². The van der Waals surface area contributed by atoms with Gasteiger partial charge in [-0.15, -0.1) is 0 Å². The van der Waals surface area contributed by atoms with Crippen LogP contribution in [0.3, 0.4) is 0 Å². The fraction of sp³-hybridized carbons (Fsp3) is 0.200. The summed E-state index contributed by atoms with van der Waals surface area (Å²) in [6.45, 7) is 0. The third-order valence-electron chi connectivity index (χ3n) is 2.06. The summed E-state index contributed by atoms with van der Waals surface area (Å²) < 4.78 is 28.0. The number of hydrogen-bond donors (Lipinski definition) is 3. The van der Waals surface area contributed by atoms with E-state index in [-0.39, 0.29) is 22.5 Å². The van der Waals surface area contributed by atoms with Crippen LogP contribution in [0.2, 0.25) is 0 Å². The van der Waals surface area contributed by atoms with Gasteiger partial charge in [0.15, 0.2) is 15.8 Å². The monoisotopic (exact) mass is 285 g/mol. The van der Waals surface area contributed by atoms with E-state index in [1.54, 1.807) is 0 Å². The second-order valence-electron chi connectivity index (χ2n) is 3.61. The molecule has 0 aromatic heterocycles. The highest BCUT2D eigenvalue weighted by atomic mass is 32.2. The highest BCUT2D eigenvalue weighted by Crippen LogP contribution is 2.30. The first kappa shape index (κ1) is 14.8. The molecule has 9 heteroatoms. The predicted octanol–water partition coefficient (Wildman–Crippen LogP) is -0.682. The van der Waals surface area contributed by atoms with Gasteiger partial charge in [-0.2, -0.15) is 4.99 Å². The number of methoxy groups -OCH3 is 1. The summed E-state index contributed by atoms with van der Waals surface area (Å²) in [7, 11) is -1.94. The minimum atomic E-state index is -3.36. The van der Waals surface area contributed by atoms with Crippen LogP contribution in [-0.4, -0.2) is 33.7 Å². The number of nitrogens with zero attached hydrogens (tertiary/aromatic N) is 2. The minimum Gasteiger partial charge on any atom is -0.494 e. The maximum atomic E-state index is 11.5. The zero-order valence-corrected chi connectivity index (χ0v) is 11.3. The largest absolute Gasteiger partial charge is 0.494 e. The van der Waals surface area contributed by atoms with E-state index in [9.17, 15) is 8.42 Å². The number of rotatable bonds is 3. The second kappa shape index (κ2) is 5.57. The third kappa shape index (κ3) is 4.14. The molecule has 0 spiro atoms. The average molecular weight is 285 g/mol. The standard InChI is InChI=1S/C10H15N5O3S/c1-18-8-4-3-6(19(2,16)17)5-7(8)14-10(13)15-9(11)12/h3-5H,1-2H3,(H6,11,12,13,14,15). The Kier molecular flexibility index (Phi) is 4.33. The number of sulfone groups is 1. The molecule has 0 fully saturated rings. The number of aliphatic imine (C=N–C) groups is 2. The van der Waals surface area contributed by atoms with E-state index in [1.165, 1.54) is 25.3 Å². The Morgan fingerprint density at radius 1 is 1.26 bits per heavy atom. The third-order valence-corrected chi connectivity index (χ3v) is 3.17. The van der Waals surface area contributed by atoms with Crippen molar-refractivity contribution in [1.29, 1.82) is 0 Å². The lowest BCUT2D eigenvalue weighted by Crippen LogP contribution is -2.26. The van der Waals surface area contributed by atoms with Crippen LogP contribution in [0.4, 0.5) is 5.69 Å². The van der Waals surface area contributed by atoms with Gasteiger partial charge in [-0.1, -0.05) is 0 Å². The van der Waals surface area contributed by atoms with Gasteiger partial charge in [-0.3, -0.25) is 0 Å². The van der Waals surface area contributed by atoms with Gasteiger partial charge in [-0.25, -0.2) is 13.4 Å². The average Bonchev–Trinajstić information content (AvgIpc) is 2.26. The number of guanidine groups is 2. The maximum absolute atomic E-state index is 11.5.